The third-order valence-electron chi connectivity index (χ3n) is 3.44. The Kier molecular flexibility index (Phi) is 6.66. The molecule has 0 aliphatic carbocycles. The lowest BCUT2D eigenvalue weighted by molar-refractivity contribution is -0.120. The van der Waals surface area contributed by atoms with Gasteiger partial charge in [0.1, 0.15) is 0 Å². The van der Waals surface area contributed by atoms with Crippen LogP contribution < -0.4 is 10.6 Å². The van der Waals surface area contributed by atoms with Crippen molar-refractivity contribution in [3.05, 3.63) is 0 Å². The molecule has 0 saturated carbocycles. The minimum atomic E-state index is -2.98. The van der Waals surface area contributed by atoms with Crippen molar-refractivity contribution in [2.24, 2.45) is 0 Å². The molecule has 1 saturated heterocycles. The van der Waals surface area contributed by atoms with Crippen LogP contribution in [0, 0.1) is 0 Å². The number of nitrogens with zero attached hydrogens (tertiary/aromatic N) is 2. The molecule has 2 rings (SSSR count). The maximum atomic E-state index is 12.1. The standard InChI is InChI=1S/C13H22N4O3S3/c1-3-4-6-14-12-16-17-13(22-12)21-9(2)11(18)15-10-5-7-23(19,20)8-10/h9-10H,3-8H2,1-2H3,(H,14,16)(H,15,18)/t9-,10-/m1/s1. The topological polar surface area (TPSA) is 101 Å². The Morgan fingerprint density at radius 1 is 1.48 bits per heavy atom. The van der Waals surface area contributed by atoms with Gasteiger partial charge < -0.3 is 10.6 Å². The van der Waals surface area contributed by atoms with Crippen molar-refractivity contribution in [3.63, 3.8) is 0 Å². The number of unbranched alkanes of at least 4 members (excludes halogenated alkanes) is 1. The zero-order valence-corrected chi connectivity index (χ0v) is 15.7. The number of sulfone groups is 1. The predicted octanol–water partition coefficient (Wildman–Crippen LogP) is 1.53. The average Bonchev–Trinajstić information content (AvgIpc) is 3.05. The van der Waals surface area contributed by atoms with Crippen LogP contribution in [0.15, 0.2) is 4.34 Å². The smallest absolute Gasteiger partial charge is 0.233 e. The lowest BCUT2D eigenvalue weighted by atomic mass is 10.2. The molecule has 10 heteroatoms. The molecule has 1 amide bonds. The van der Waals surface area contributed by atoms with Gasteiger partial charge in [-0.2, -0.15) is 0 Å². The monoisotopic (exact) mass is 378 g/mol. The number of anilines is 1. The maximum Gasteiger partial charge on any atom is 0.233 e. The Morgan fingerprint density at radius 3 is 2.91 bits per heavy atom. The summed E-state index contributed by atoms with van der Waals surface area (Å²) in [4.78, 5) is 12.1. The summed E-state index contributed by atoms with van der Waals surface area (Å²) >= 11 is 2.76. The van der Waals surface area contributed by atoms with Crippen LogP contribution in [0.2, 0.25) is 0 Å². The quantitative estimate of drug-likeness (QED) is 0.522. The molecule has 1 aliphatic rings. The van der Waals surface area contributed by atoms with E-state index in [-0.39, 0.29) is 28.7 Å². The molecule has 2 atom stereocenters. The molecule has 0 spiro atoms. The normalized spacial score (nSPS) is 21.0. The van der Waals surface area contributed by atoms with Crippen LogP contribution in [0.25, 0.3) is 0 Å². The molecule has 0 radical (unpaired) electrons. The third kappa shape index (κ3) is 5.92. The molecule has 23 heavy (non-hydrogen) atoms. The second kappa shape index (κ2) is 8.29. The van der Waals surface area contributed by atoms with Gasteiger partial charge in [-0.05, 0) is 19.8 Å². The van der Waals surface area contributed by atoms with Gasteiger partial charge in [0.05, 0.1) is 16.8 Å². The minimum absolute atomic E-state index is 0.0421. The van der Waals surface area contributed by atoms with Gasteiger partial charge in [0.15, 0.2) is 14.2 Å². The fraction of sp³-hybridized carbons (Fsp3) is 0.769. The molecular formula is C13H22N4O3S3. The van der Waals surface area contributed by atoms with E-state index < -0.39 is 9.84 Å². The lowest BCUT2D eigenvalue weighted by Crippen LogP contribution is -2.39. The number of hydrogen-bond donors (Lipinski definition) is 2. The molecule has 1 aliphatic heterocycles. The summed E-state index contributed by atoms with van der Waals surface area (Å²) in [6, 6.07) is -0.267. The average molecular weight is 379 g/mol. The van der Waals surface area contributed by atoms with Crippen LogP contribution >= 0.6 is 23.1 Å². The first-order valence-electron chi connectivity index (χ1n) is 7.64. The Balaban J connectivity index is 1.79. The number of carbonyl (C=O) groups is 1. The van der Waals surface area contributed by atoms with Crippen LogP contribution in [0.5, 0.6) is 0 Å². The summed E-state index contributed by atoms with van der Waals surface area (Å²) in [7, 11) is -2.98. The number of nitrogens with one attached hydrogen (secondary N) is 2. The number of hydrogen-bond acceptors (Lipinski definition) is 8. The highest BCUT2D eigenvalue weighted by atomic mass is 32.2. The van der Waals surface area contributed by atoms with Gasteiger partial charge in [0, 0.05) is 12.6 Å². The maximum absolute atomic E-state index is 12.1. The van der Waals surface area contributed by atoms with E-state index in [4.69, 9.17) is 0 Å². The summed E-state index contributed by atoms with van der Waals surface area (Å²) in [5.41, 5.74) is 0. The van der Waals surface area contributed by atoms with Gasteiger partial charge in [-0.25, -0.2) is 8.42 Å². The zero-order chi connectivity index (χ0) is 16.9. The van der Waals surface area contributed by atoms with Crippen molar-refractivity contribution in [1.29, 1.82) is 0 Å². The largest absolute Gasteiger partial charge is 0.360 e. The first-order valence-corrected chi connectivity index (χ1v) is 11.2. The van der Waals surface area contributed by atoms with E-state index in [9.17, 15) is 13.2 Å². The van der Waals surface area contributed by atoms with E-state index in [1.54, 1.807) is 6.92 Å². The van der Waals surface area contributed by atoms with Gasteiger partial charge in [-0.1, -0.05) is 36.4 Å². The van der Waals surface area contributed by atoms with Crippen molar-refractivity contribution in [3.8, 4) is 0 Å². The Labute approximate surface area is 144 Å². The zero-order valence-electron chi connectivity index (χ0n) is 13.2. The van der Waals surface area contributed by atoms with E-state index in [1.165, 1.54) is 23.1 Å². The van der Waals surface area contributed by atoms with Gasteiger partial charge in [-0.15, -0.1) is 10.2 Å². The van der Waals surface area contributed by atoms with Crippen molar-refractivity contribution in [1.82, 2.24) is 15.5 Å². The number of carbonyl (C=O) groups excluding carboxylic acids is 1. The van der Waals surface area contributed by atoms with E-state index in [2.05, 4.69) is 27.8 Å². The number of thioether (sulfide) groups is 1. The van der Waals surface area contributed by atoms with Gasteiger partial charge in [0.25, 0.3) is 0 Å². The van der Waals surface area contributed by atoms with Gasteiger partial charge >= 0.3 is 0 Å². The highest BCUT2D eigenvalue weighted by Crippen LogP contribution is 2.29. The van der Waals surface area contributed by atoms with E-state index >= 15 is 0 Å². The SMILES string of the molecule is CCCCNc1nnc(S[C@H](C)C(=O)N[C@@H]2CCS(=O)(=O)C2)s1. The third-order valence-corrected chi connectivity index (χ3v) is 7.27. The molecule has 1 aromatic heterocycles. The molecule has 2 N–H and O–H groups in total. The Bertz CT molecular complexity index is 632. The number of rotatable bonds is 8. The second-order valence-electron chi connectivity index (χ2n) is 5.52. The van der Waals surface area contributed by atoms with Gasteiger partial charge in [0.2, 0.25) is 11.0 Å². The van der Waals surface area contributed by atoms with Crippen LogP contribution in [-0.2, 0) is 14.6 Å². The molecule has 1 fully saturated rings. The number of amides is 1. The molecule has 1 aromatic rings. The highest BCUT2D eigenvalue weighted by Gasteiger charge is 2.30. The number of aromatic nitrogens is 2. The Morgan fingerprint density at radius 2 is 2.26 bits per heavy atom. The van der Waals surface area contributed by atoms with Gasteiger partial charge in [-0.3, -0.25) is 4.79 Å². The van der Waals surface area contributed by atoms with Crippen molar-refractivity contribution >= 4 is 44.0 Å². The summed E-state index contributed by atoms with van der Waals surface area (Å²) in [5.74, 6) is 0.0381. The fourth-order valence-corrected chi connectivity index (χ4v) is 5.74. The van der Waals surface area contributed by atoms with Crippen molar-refractivity contribution in [2.45, 2.75) is 48.7 Å². The van der Waals surface area contributed by atoms with Crippen LogP contribution in [0.4, 0.5) is 5.13 Å². The first-order chi connectivity index (χ1) is 10.9. The molecule has 130 valence electrons. The summed E-state index contributed by atoms with van der Waals surface area (Å²) in [6.45, 7) is 4.77. The molecule has 0 bridgehead atoms. The molecule has 0 unspecified atom stereocenters. The Hall–Kier alpha value is -0.870. The summed E-state index contributed by atoms with van der Waals surface area (Å²) < 4.78 is 23.6. The van der Waals surface area contributed by atoms with E-state index in [0.29, 0.717) is 6.42 Å². The summed E-state index contributed by atoms with van der Waals surface area (Å²) in [6.07, 6.45) is 2.68. The molecule has 2 heterocycles. The summed E-state index contributed by atoms with van der Waals surface area (Å²) in [5, 5.41) is 14.5. The van der Waals surface area contributed by atoms with Crippen molar-refractivity contribution < 1.29 is 13.2 Å². The molecule has 7 nitrogen and oxygen atoms in total. The van der Waals surface area contributed by atoms with E-state index in [1.807, 2.05) is 0 Å². The second-order valence-corrected chi connectivity index (χ2v) is 10.3. The molecule has 0 aromatic carbocycles. The van der Waals surface area contributed by atoms with Crippen molar-refractivity contribution in [2.75, 3.05) is 23.4 Å². The van der Waals surface area contributed by atoms with E-state index in [0.717, 1.165) is 28.9 Å². The fourth-order valence-electron chi connectivity index (χ4n) is 2.13. The van der Waals surface area contributed by atoms with Crippen LogP contribution in [0.3, 0.4) is 0 Å². The lowest BCUT2D eigenvalue weighted by Gasteiger charge is -2.14. The molecular weight excluding hydrogens is 356 g/mol. The highest BCUT2D eigenvalue weighted by molar-refractivity contribution is 8.02. The minimum Gasteiger partial charge on any atom is -0.360 e. The first kappa shape index (κ1) is 18.5. The predicted molar refractivity (Wildman–Crippen MR) is 93.8 cm³/mol. The van der Waals surface area contributed by atoms with Crippen LogP contribution in [-0.4, -0.2) is 53.9 Å². The van der Waals surface area contributed by atoms with Crippen LogP contribution in [0.1, 0.15) is 33.1 Å².